The third-order valence-electron chi connectivity index (χ3n) is 6.83. The van der Waals surface area contributed by atoms with Gasteiger partial charge in [0.25, 0.3) is 0 Å². The Morgan fingerprint density at radius 1 is 1.29 bits per heavy atom. The predicted octanol–water partition coefficient (Wildman–Crippen LogP) is 1.68. The molecule has 5 N–H and O–H groups in total. The number of ketones is 2. The Balaban J connectivity index is 2.18. The van der Waals surface area contributed by atoms with Crippen molar-refractivity contribution in [3.63, 3.8) is 0 Å². The molecule has 1 amide bonds. The number of carbonyl (C=O) groups excluding carboxylic acids is 3. The van der Waals surface area contributed by atoms with Crippen LogP contribution < -0.4 is 15.4 Å². The van der Waals surface area contributed by atoms with Crippen LogP contribution in [-0.2, 0) is 16.0 Å². The lowest BCUT2D eigenvalue weighted by atomic mass is 9.62. The van der Waals surface area contributed by atoms with Gasteiger partial charge in [-0.15, -0.1) is 0 Å². The number of nitrogens with two attached hydrogens (primary N) is 1. The van der Waals surface area contributed by atoms with Gasteiger partial charge in [-0.25, -0.2) is 0 Å². The minimum Gasteiger partial charge on any atom is -0.508 e. The number of fused-ring (bicyclic) bond motifs is 2. The first kappa shape index (κ1) is 25.7. The lowest BCUT2D eigenvalue weighted by Crippen LogP contribution is -2.54. The second-order valence-corrected chi connectivity index (χ2v) is 9.30. The first-order valence-electron chi connectivity index (χ1n) is 11.7. The number of allylic oxidation sites excluding steroid dienone is 1. The second-order valence-electron chi connectivity index (χ2n) is 9.30. The second kappa shape index (κ2) is 10.1. The number of primary amides is 1. The highest BCUT2D eigenvalue weighted by Gasteiger charge is 2.55. The largest absolute Gasteiger partial charge is 0.508 e. The van der Waals surface area contributed by atoms with Crippen molar-refractivity contribution in [3.05, 3.63) is 34.6 Å². The lowest BCUT2D eigenvalue weighted by Gasteiger charge is -2.44. The lowest BCUT2D eigenvalue weighted by molar-refractivity contribution is -0.147. The van der Waals surface area contributed by atoms with Crippen LogP contribution in [0.5, 0.6) is 5.75 Å². The van der Waals surface area contributed by atoms with E-state index in [9.17, 15) is 29.7 Å². The van der Waals surface area contributed by atoms with Crippen molar-refractivity contribution in [2.75, 3.05) is 32.2 Å². The summed E-state index contributed by atoms with van der Waals surface area (Å²) in [6, 6.07) is 3.62. The van der Waals surface area contributed by atoms with E-state index < -0.39 is 47.1 Å². The minimum atomic E-state index is -2.47. The average molecular weight is 475 g/mol. The number of anilines is 1. The fourth-order valence-electron chi connectivity index (χ4n) is 5.16. The Kier molecular flexibility index (Phi) is 7.67. The van der Waals surface area contributed by atoms with Crippen molar-refractivity contribution >= 4 is 23.2 Å². The van der Waals surface area contributed by atoms with Crippen molar-refractivity contribution < 1.29 is 34.4 Å². The third-order valence-corrected chi connectivity index (χ3v) is 6.83. The molecule has 186 valence electrons. The van der Waals surface area contributed by atoms with Gasteiger partial charge in [-0.3, -0.25) is 14.4 Å². The smallest absolute Gasteiger partial charge is 0.225 e. The number of rotatable bonds is 10. The molecule has 3 rings (SSSR count). The zero-order chi connectivity index (χ0) is 25.2. The maximum atomic E-state index is 13.8. The molecular weight excluding hydrogens is 440 g/mol. The Hall–Kier alpha value is -2.91. The van der Waals surface area contributed by atoms with Crippen molar-refractivity contribution in [1.82, 2.24) is 0 Å². The molecule has 2 aliphatic carbocycles. The Bertz CT molecular complexity index is 1020. The molecule has 1 aromatic carbocycles. The van der Waals surface area contributed by atoms with Crippen LogP contribution in [0.15, 0.2) is 23.5 Å². The summed E-state index contributed by atoms with van der Waals surface area (Å²) in [5.74, 6) is -4.15. The van der Waals surface area contributed by atoms with Crippen molar-refractivity contribution in [3.8, 4) is 5.75 Å². The van der Waals surface area contributed by atoms with Crippen LogP contribution in [0.1, 0.15) is 54.9 Å². The number of hydrogen-bond donors (Lipinski definition) is 4. The van der Waals surface area contributed by atoms with Gasteiger partial charge in [-0.05, 0) is 49.3 Å². The summed E-state index contributed by atoms with van der Waals surface area (Å²) in [6.45, 7) is 2.11. The highest BCUT2D eigenvalue weighted by atomic mass is 16.5. The normalized spacial score (nSPS) is 23.9. The van der Waals surface area contributed by atoms with Gasteiger partial charge in [0.1, 0.15) is 11.5 Å². The van der Waals surface area contributed by atoms with Crippen LogP contribution in [0.25, 0.3) is 0 Å². The maximum absolute atomic E-state index is 13.8. The monoisotopic (exact) mass is 474 g/mol. The van der Waals surface area contributed by atoms with Crippen LogP contribution in [0, 0.1) is 11.8 Å². The van der Waals surface area contributed by atoms with Gasteiger partial charge in [-0.2, -0.15) is 0 Å². The zero-order valence-electron chi connectivity index (χ0n) is 20.0. The van der Waals surface area contributed by atoms with Crippen molar-refractivity contribution in [2.24, 2.45) is 17.6 Å². The molecule has 0 aliphatic heterocycles. The number of carbonyl (C=O) groups is 3. The molecule has 0 spiro atoms. The molecule has 0 aromatic heterocycles. The summed E-state index contributed by atoms with van der Waals surface area (Å²) in [5, 5.41) is 32.1. The number of unbranched alkanes of at least 4 members (excludes halogenated alkanes) is 1. The van der Waals surface area contributed by atoms with Gasteiger partial charge in [0.2, 0.25) is 5.91 Å². The molecule has 34 heavy (non-hydrogen) atoms. The summed E-state index contributed by atoms with van der Waals surface area (Å²) in [6.07, 6.45) is 1.51. The topological polar surface area (TPSA) is 150 Å². The van der Waals surface area contributed by atoms with E-state index in [-0.39, 0.29) is 25.0 Å². The molecule has 0 bridgehead atoms. The summed E-state index contributed by atoms with van der Waals surface area (Å²) < 4.78 is 5.91. The molecular formula is C25H34N2O7. The van der Waals surface area contributed by atoms with Crippen LogP contribution in [0.3, 0.4) is 0 Å². The van der Waals surface area contributed by atoms with E-state index in [4.69, 9.17) is 10.5 Å². The van der Waals surface area contributed by atoms with E-state index >= 15 is 0 Å². The molecule has 0 radical (unpaired) electrons. The van der Waals surface area contributed by atoms with E-state index in [2.05, 4.69) is 0 Å². The average Bonchev–Trinajstić information content (AvgIpc) is 2.76. The van der Waals surface area contributed by atoms with Gasteiger partial charge in [0.15, 0.2) is 17.2 Å². The van der Waals surface area contributed by atoms with E-state index in [1.165, 1.54) is 0 Å². The number of Topliss-reactive ketones (excluding diaryl/α,β-unsaturated/α-hetero) is 2. The first-order chi connectivity index (χ1) is 16.1. The number of amides is 1. The quantitative estimate of drug-likeness (QED) is 0.295. The van der Waals surface area contributed by atoms with Gasteiger partial charge in [0.05, 0.1) is 18.6 Å². The summed E-state index contributed by atoms with van der Waals surface area (Å²) >= 11 is 0. The van der Waals surface area contributed by atoms with Gasteiger partial charge in [0, 0.05) is 37.9 Å². The Morgan fingerprint density at radius 2 is 2.00 bits per heavy atom. The molecule has 9 nitrogen and oxygen atoms in total. The molecule has 0 heterocycles. The van der Waals surface area contributed by atoms with Crippen LogP contribution in [0.4, 0.5) is 5.69 Å². The fraction of sp³-hybridized carbons (Fsp3) is 0.560. The minimum absolute atomic E-state index is 0.0105. The SMILES string of the molecule is CCCCOc1ccc(N(C)C)c2c1C(=O)C1=C(O)[C@](O)(C(=O)CC(N)=O)[C@H](CCO)C[C@@H]1C2. The van der Waals surface area contributed by atoms with Crippen LogP contribution >= 0.6 is 0 Å². The number of hydrogen-bond acceptors (Lipinski definition) is 8. The van der Waals surface area contributed by atoms with Crippen LogP contribution in [-0.4, -0.2) is 65.7 Å². The number of ether oxygens (including phenoxy) is 1. The summed E-state index contributed by atoms with van der Waals surface area (Å²) in [4.78, 5) is 40.0. The summed E-state index contributed by atoms with van der Waals surface area (Å²) in [7, 11) is 3.74. The molecule has 0 unspecified atom stereocenters. The van der Waals surface area contributed by atoms with E-state index in [1.54, 1.807) is 6.07 Å². The number of benzene rings is 1. The van der Waals surface area contributed by atoms with Crippen molar-refractivity contribution in [2.45, 2.75) is 51.0 Å². The van der Waals surface area contributed by atoms with Crippen LogP contribution in [0.2, 0.25) is 0 Å². The molecule has 9 heteroatoms. The molecule has 0 saturated carbocycles. The highest BCUT2D eigenvalue weighted by Crippen LogP contribution is 2.50. The van der Waals surface area contributed by atoms with E-state index in [1.807, 2.05) is 32.0 Å². The third kappa shape index (κ3) is 4.42. The molecule has 1 aromatic rings. The van der Waals surface area contributed by atoms with E-state index in [0.29, 0.717) is 24.3 Å². The predicted molar refractivity (Wildman–Crippen MR) is 126 cm³/mol. The standard InChI is InChI=1S/C25H34N2O7/c1-4-5-10-34-18-7-6-17(27(2)3)16-12-14-11-15(8-9-28)25(33,19(29)13-20(26)30)24(32)21(14)23(31)22(16)18/h6-7,14-15,28,32-33H,4-5,8-13H2,1-3H3,(H2,26,30)/t14-,15-,25-/m1/s1. The summed E-state index contributed by atoms with van der Waals surface area (Å²) in [5.41, 5.74) is 4.58. The number of nitrogens with zero attached hydrogens (tertiary/aromatic N) is 1. The zero-order valence-corrected chi connectivity index (χ0v) is 20.0. The van der Waals surface area contributed by atoms with Crippen molar-refractivity contribution in [1.29, 1.82) is 0 Å². The Morgan fingerprint density at radius 3 is 2.59 bits per heavy atom. The van der Waals surface area contributed by atoms with Gasteiger partial charge < -0.3 is 30.7 Å². The molecule has 3 atom stereocenters. The Labute approximate surface area is 199 Å². The fourth-order valence-corrected chi connectivity index (χ4v) is 5.16. The molecule has 0 fully saturated rings. The van der Waals surface area contributed by atoms with Gasteiger partial charge >= 0.3 is 0 Å². The molecule has 0 saturated heterocycles. The molecule has 2 aliphatic rings. The van der Waals surface area contributed by atoms with E-state index in [0.717, 1.165) is 24.1 Å². The van der Waals surface area contributed by atoms with Gasteiger partial charge in [-0.1, -0.05) is 13.3 Å². The number of aliphatic hydroxyl groups excluding tert-OH is 2. The highest BCUT2D eigenvalue weighted by molar-refractivity contribution is 6.15. The number of aliphatic hydroxyl groups is 3. The first-order valence-corrected chi connectivity index (χ1v) is 11.7. The maximum Gasteiger partial charge on any atom is 0.225 e.